The Kier molecular flexibility index (Phi) is 5.58. The molecule has 5 nitrogen and oxygen atoms in total. The fourth-order valence-corrected chi connectivity index (χ4v) is 2.46. The second-order valence-corrected chi connectivity index (χ2v) is 6.02. The molecule has 0 bridgehead atoms. The normalized spacial score (nSPS) is 11.8. The summed E-state index contributed by atoms with van der Waals surface area (Å²) in [5.74, 6) is 0. The number of nitrogens with one attached hydrogen (secondary N) is 2. The quantitative estimate of drug-likeness (QED) is 0.775. The first kappa shape index (κ1) is 14.9. The first-order chi connectivity index (χ1) is 8.45. The van der Waals surface area contributed by atoms with Crippen LogP contribution in [0.15, 0.2) is 29.2 Å². The van der Waals surface area contributed by atoms with Gasteiger partial charge in [-0.25, -0.2) is 13.1 Å². The Labute approximate surface area is 109 Å². The van der Waals surface area contributed by atoms with Crippen molar-refractivity contribution < 1.29 is 8.42 Å². The van der Waals surface area contributed by atoms with E-state index in [0.29, 0.717) is 18.0 Å². The standard InChI is InChI=1S/C12H21N3O2S/c1-4-13-11-5-7-12(8-6-11)18(16,17)14-9-10-15(2)3/h5-8,13-14H,4,9-10H2,1-3H3. The van der Waals surface area contributed by atoms with E-state index < -0.39 is 10.0 Å². The van der Waals surface area contributed by atoms with Gasteiger partial charge in [0.05, 0.1) is 4.90 Å². The molecular formula is C12H21N3O2S. The molecule has 102 valence electrons. The number of sulfonamides is 1. The van der Waals surface area contributed by atoms with E-state index in [4.69, 9.17) is 0 Å². The molecule has 0 aliphatic heterocycles. The molecular weight excluding hydrogens is 250 g/mol. The summed E-state index contributed by atoms with van der Waals surface area (Å²) < 4.78 is 26.4. The molecule has 1 rings (SSSR count). The summed E-state index contributed by atoms with van der Waals surface area (Å²) >= 11 is 0. The largest absolute Gasteiger partial charge is 0.385 e. The highest BCUT2D eigenvalue weighted by Crippen LogP contribution is 2.13. The summed E-state index contributed by atoms with van der Waals surface area (Å²) in [6.07, 6.45) is 0. The summed E-state index contributed by atoms with van der Waals surface area (Å²) in [5, 5.41) is 3.12. The summed E-state index contributed by atoms with van der Waals surface area (Å²) in [5.41, 5.74) is 0.921. The maximum atomic E-state index is 11.9. The van der Waals surface area contributed by atoms with Crippen LogP contribution in [0.4, 0.5) is 5.69 Å². The van der Waals surface area contributed by atoms with Crippen molar-refractivity contribution in [3.8, 4) is 0 Å². The highest BCUT2D eigenvalue weighted by atomic mass is 32.2. The van der Waals surface area contributed by atoms with E-state index in [0.717, 1.165) is 12.2 Å². The first-order valence-electron chi connectivity index (χ1n) is 5.94. The lowest BCUT2D eigenvalue weighted by atomic mass is 10.3. The molecule has 1 aromatic carbocycles. The number of hydrogen-bond donors (Lipinski definition) is 2. The van der Waals surface area contributed by atoms with E-state index in [9.17, 15) is 8.42 Å². The van der Waals surface area contributed by atoms with Gasteiger partial charge in [-0.15, -0.1) is 0 Å². The molecule has 18 heavy (non-hydrogen) atoms. The van der Waals surface area contributed by atoms with Crippen LogP contribution in [0.25, 0.3) is 0 Å². The van der Waals surface area contributed by atoms with Crippen LogP contribution >= 0.6 is 0 Å². The van der Waals surface area contributed by atoms with Gasteiger partial charge in [0.15, 0.2) is 0 Å². The SMILES string of the molecule is CCNc1ccc(S(=O)(=O)NCCN(C)C)cc1. The third-order valence-corrected chi connectivity index (χ3v) is 3.87. The van der Waals surface area contributed by atoms with Crippen molar-refractivity contribution in [1.82, 2.24) is 9.62 Å². The Morgan fingerprint density at radius 3 is 2.28 bits per heavy atom. The molecule has 0 radical (unpaired) electrons. The van der Waals surface area contributed by atoms with Crippen molar-refractivity contribution in [2.45, 2.75) is 11.8 Å². The van der Waals surface area contributed by atoms with Crippen LogP contribution in [0.3, 0.4) is 0 Å². The minimum Gasteiger partial charge on any atom is -0.385 e. The zero-order valence-corrected chi connectivity index (χ0v) is 11.9. The Hall–Kier alpha value is -1.11. The van der Waals surface area contributed by atoms with Gasteiger partial charge in [-0.2, -0.15) is 0 Å². The van der Waals surface area contributed by atoms with Gasteiger partial charge in [0.25, 0.3) is 0 Å². The second kappa shape index (κ2) is 6.72. The molecule has 0 fully saturated rings. The molecule has 0 heterocycles. The molecule has 0 amide bonds. The van der Waals surface area contributed by atoms with Crippen molar-refractivity contribution in [1.29, 1.82) is 0 Å². The van der Waals surface area contributed by atoms with Crippen LogP contribution in [-0.2, 0) is 10.0 Å². The Bertz CT molecular complexity index is 455. The van der Waals surface area contributed by atoms with Gasteiger partial charge in [-0.3, -0.25) is 0 Å². The van der Waals surface area contributed by atoms with E-state index >= 15 is 0 Å². The molecule has 0 aliphatic carbocycles. The Morgan fingerprint density at radius 1 is 1.17 bits per heavy atom. The average molecular weight is 271 g/mol. The van der Waals surface area contributed by atoms with Crippen LogP contribution in [-0.4, -0.2) is 47.0 Å². The Balaban J connectivity index is 2.67. The van der Waals surface area contributed by atoms with E-state index in [-0.39, 0.29) is 0 Å². The number of nitrogens with zero attached hydrogens (tertiary/aromatic N) is 1. The zero-order chi connectivity index (χ0) is 13.6. The molecule has 0 spiro atoms. The van der Waals surface area contributed by atoms with Crippen LogP contribution in [0.1, 0.15) is 6.92 Å². The van der Waals surface area contributed by atoms with E-state index in [1.54, 1.807) is 24.3 Å². The molecule has 0 unspecified atom stereocenters. The molecule has 2 N–H and O–H groups in total. The molecule has 0 aliphatic rings. The van der Waals surface area contributed by atoms with Crippen molar-refractivity contribution in [3.05, 3.63) is 24.3 Å². The predicted molar refractivity (Wildman–Crippen MR) is 74.3 cm³/mol. The van der Waals surface area contributed by atoms with Crippen molar-refractivity contribution in [3.63, 3.8) is 0 Å². The Morgan fingerprint density at radius 2 is 1.78 bits per heavy atom. The third-order valence-electron chi connectivity index (χ3n) is 2.40. The number of benzene rings is 1. The highest BCUT2D eigenvalue weighted by Gasteiger charge is 2.12. The first-order valence-corrected chi connectivity index (χ1v) is 7.42. The average Bonchev–Trinajstić information content (AvgIpc) is 2.29. The number of rotatable bonds is 7. The second-order valence-electron chi connectivity index (χ2n) is 4.26. The molecule has 0 saturated carbocycles. The fourth-order valence-electron chi connectivity index (χ4n) is 1.44. The maximum absolute atomic E-state index is 11.9. The maximum Gasteiger partial charge on any atom is 0.240 e. The lowest BCUT2D eigenvalue weighted by Gasteiger charge is -2.11. The van der Waals surface area contributed by atoms with Crippen molar-refractivity contribution >= 4 is 15.7 Å². The monoisotopic (exact) mass is 271 g/mol. The predicted octanol–water partition coefficient (Wildman–Crippen LogP) is 0.958. The minimum absolute atomic E-state index is 0.294. The number of anilines is 1. The van der Waals surface area contributed by atoms with E-state index in [1.807, 2.05) is 25.9 Å². The van der Waals surface area contributed by atoms with Gasteiger partial charge in [-0.1, -0.05) is 0 Å². The molecule has 0 aromatic heterocycles. The molecule has 0 atom stereocenters. The van der Waals surface area contributed by atoms with Gasteiger partial charge in [0.1, 0.15) is 0 Å². The lowest BCUT2D eigenvalue weighted by Crippen LogP contribution is -2.31. The van der Waals surface area contributed by atoms with Crippen LogP contribution < -0.4 is 10.0 Å². The summed E-state index contributed by atoms with van der Waals surface area (Å²) in [6.45, 7) is 3.89. The van der Waals surface area contributed by atoms with E-state index in [1.165, 1.54) is 0 Å². The van der Waals surface area contributed by atoms with Crippen molar-refractivity contribution in [2.24, 2.45) is 0 Å². The van der Waals surface area contributed by atoms with Crippen LogP contribution in [0, 0.1) is 0 Å². The highest BCUT2D eigenvalue weighted by molar-refractivity contribution is 7.89. The van der Waals surface area contributed by atoms with Gasteiger partial charge in [-0.05, 0) is 45.3 Å². The van der Waals surface area contributed by atoms with Gasteiger partial charge >= 0.3 is 0 Å². The summed E-state index contributed by atoms with van der Waals surface area (Å²) in [6, 6.07) is 6.75. The van der Waals surface area contributed by atoms with Crippen molar-refractivity contribution in [2.75, 3.05) is 39.0 Å². The topological polar surface area (TPSA) is 61.4 Å². The summed E-state index contributed by atoms with van der Waals surface area (Å²) in [7, 11) is 0.412. The zero-order valence-electron chi connectivity index (χ0n) is 11.1. The molecule has 6 heteroatoms. The van der Waals surface area contributed by atoms with Gasteiger partial charge in [0.2, 0.25) is 10.0 Å². The number of hydrogen-bond acceptors (Lipinski definition) is 4. The minimum atomic E-state index is -3.39. The van der Waals surface area contributed by atoms with Gasteiger partial charge < -0.3 is 10.2 Å². The molecule has 0 saturated heterocycles. The van der Waals surface area contributed by atoms with Crippen LogP contribution in [0.5, 0.6) is 0 Å². The van der Waals surface area contributed by atoms with Gasteiger partial charge in [0, 0.05) is 25.3 Å². The third kappa shape index (κ3) is 4.64. The lowest BCUT2D eigenvalue weighted by molar-refractivity contribution is 0.412. The number of likely N-dealkylation sites (N-methyl/N-ethyl adjacent to an activating group) is 1. The smallest absolute Gasteiger partial charge is 0.240 e. The summed E-state index contributed by atoms with van der Waals surface area (Å²) in [4.78, 5) is 2.22. The van der Waals surface area contributed by atoms with E-state index in [2.05, 4.69) is 10.0 Å². The fraction of sp³-hybridized carbons (Fsp3) is 0.500. The molecule has 1 aromatic rings. The van der Waals surface area contributed by atoms with Crippen LogP contribution in [0.2, 0.25) is 0 Å².